The maximum atomic E-state index is 13.7. The summed E-state index contributed by atoms with van der Waals surface area (Å²) in [6.07, 6.45) is 0.978. The standard InChI is InChI=1S/C17H20FN3O6S2/c1-11(20-29(25,26)16-7-5-4-6-13(16)18)17(22)19-12-8-9-14(15(10-12)27-2)21-28(3,23)24/h4-11,20-21H,1-3H3,(H,19,22)/t11-/m0/s1. The number of anilines is 2. The first kappa shape index (κ1) is 22.6. The largest absolute Gasteiger partial charge is 0.494 e. The first-order chi connectivity index (χ1) is 13.4. The number of hydrogen-bond donors (Lipinski definition) is 3. The Morgan fingerprint density at radius 3 is 2.34 bits per heavy atom. The smallest absolute Gasteiger partial charge is 0.244 e. The fourth-order valence-corrected chi connectivity index (χ4v) is 4.17. The monoisotopic (exact) mass is 445 g/mol. The molecular formula is C17H20FN3O6S2. The molecule has 0 radical (unpaired) electrons. The van der Waals surface area contributed by atoms with Crippen molar-refractivity contribution in [3.8, 4) is 5.75 Å². The Hall–Kier alpha value is -2.70. The molecule has 29 heavy (non-hydrogen) atoms. The number of sulfonamides is 2. The predicted octanol–water partition coefficient (Wildman–Crippen LogP) is 1.51. The van der Waals surface area contributed by atoms with Gasteiger partial charge in [0, 0.05) is 11.8 Å². The lowest BCUT2D eigenvalue weighted by atomic mass is 10.2. The third kappa shape index (κ3) is 6.14. The highest BCUT2D eigenvalue weighted by molar-refractivity contribution is 7.92. The Morgan fingerprint density at radius 2 is 1.76 bits per heavy atom. The zero-order chi connectivity index (χ0) is 21.8. The quantitative estimate of drug-likeness (QED) is 0.565. The minimum Gasteiger partial charge on any atom is -0.494 e. The van der Waals surface area contributed by atoms with Gasteiger partial charge in [-0.25, -0.2) is 21.2 Å². The Bertz CT molecular complexity index is 1120. The number of hydrogen-bond acceptors (Lipinski definition) is 6. The van der Waals surface area contributed by atoms with Crippen LogP contribution in [0.4, 0.5) is 15.8 Å². The molecule has 0 fully saturated rings. The first-order valence-electron chi connectivity index (χ1n) is 8.16. The molecule has 9 nitrogen and oxygen atoms in total. The molecule has 0 heterocycles. The summed E-state index contributed by atoms with van der Waals surface area (Å²) in [5.41, 5.74) is 0.407. The normalized spacial score (nSPS) is 12.8. The lowest BCUT2D eigenvalue weighted by Gasteiger charge is -2.16. The van der Waals surface area contributed by atoms with Gasteiger partial charge in [0.05, 0.1) is 25.1 Å². The number of carbonyl (C=O) groups excluding carboxylic acids is 1. The summed E-state index contributed by atoms with van der Waals surface area (Å²) in [6.45, 7) is 1.30. The van der Waals surface area contributed by atoms with Gasteiger partial charge in [0.15, 0.2) is 0 Å². The SMILES string of the molecule is COc1cc(NC(=O)[C@H](C)NS(=O)(=O)c2ccccc2F)ccc1NS(C)(=O)=O. The van der Waals surface area contributed by atoms with E-state index in [4.69, 9.17) is 4.74 Å². The number of amides is 1. The summed E-state index contributed by atoms with van der Waals surface area (Å²) in [4.78, 5) is 11.8. The number of benzene rings is 2. The molecule has 0 bridgehead atoms. The number of halogens is 1. The lowest BCUT2D eigenvalue weighted by Crippen LogP contribution is -2.41. The molecule has 158 valence electrons. The molecule has 0 unspecified atom stereocenters. The molecule has 0 spiro atoms. The molecule has 0 aliphatic carbocycles. The summed E-state index contributed by atoms with van der Waals surface area (Å²) < 4.78 is 70.5. The predicted molar refractivity (Wildman–Crippen MR) is 106 cm³/mol. The number of nitrogens with one attached hydrogen (secondary N) is 3. The molecule has 0 aromatic heterocycles. The summed E-state index contributed by atoms with van der Waals surface area (Å²) in [5.74, 6) is -1.50. The van der Waals surface area contributed by atoms with Crippen LogP contribution < -0.4 is 19.5 Å². The molecule has 2 aromatic carbocycles. The van der Waals surface area contributed by atoms with Crippen LogP contribution in [-0.4, -0.2) is 42.2 Å². The Kier molecular flexibility index (Phi) is 6.82. The van der Waals surface area contributed by atoms with E-state index in [-0.39, 0.29) is 17.1 Å². The second-order valence-corrected chi connectivity index (χ2v) is 9.48. The third-order valence-electron chi connectivity index (χ3n) is 3.62. The fraction of sp³-hybridized carbons (Fsp3) is 0.235. The molecule has 0 aliphatic heterocycles. The maximum absolute atomic E-state index is 13.7. The van der Waals surface area contributed by atoms with Gasteiger partial charge in [-0.05, 0) is 31.2 Å². The van der Waals surface area contributed by atoms with E-state index in [2.05, 4.69) is 14.8 Å². The zero-order valence-electron chi connectivity index (χ0n) is 15.8. The molecule has 1 atom stereocenters. The van der Waals surface area contributed by atoms with Gasteiger partial charge in [-0.15, -0.1) is 0 Å². The summed E-state index contributed by atoms with van der Waals surface area (Å²) in [6, 6.07) is 7.72. The second kappa shape index (κ2) is 8.76. The van der Waals surface area contributed by atoms with Gasteiger partial charge in [0.2, 0.25) is 26.0 Å². The Balaban J connectivity index is 2.14. The average Bonchev–Trinajstić information content (AvgIpc) is 2.61. The molecule has 2 rings (SSSR count). The highest BCUT2D eigenvalue weighted by Crippen LogP contribution is 2.28. The molecule has 12 heteroatoms. The van der Waals surface area contributed by atoms with Crippen LogP contribution in [0.15, 0.2) is 47.4 Å². The molecule has 3 N–H and O–H groups in total. The Morgan fingerprint density at radius 1 is 1.10 bits per heavy atom. The van der Waals surface area contributed by atoms with Crippen LogP contribution in [0.5, 0.6) is 5.75 Å². The molecule has 0 aliphatic rings. The maximum Gasteiger partial charge on any atom is 0.244 e. The Labute approximate surface area is 168 Å². The fourth-order valence-electron chi connectivity index (χ4n) is 2.32. The molecule has 2 aromatic rings. The van der Waals surface area contributed by atoms with Crippen molar-refractivity contribution in [2.24, 2.45) is 0 Å². The van der Waals surface area contributed by atoms with Gasteiger partial charge >= 0.3 is 0 Å². The van der Waals surface area contributed by atoms with Crippen molar-refractivity contribution in [3.63, 3.8) is 0 Å². The van der Waals surface area contributed by atoms with Crippen molar-refractivity contribution in [1.29, 1.82) is 0 Å². The molecule has 0 saturated heterocycles. The van der Waals surface area contributed by atoms with Crippen molar-refractivity contribution in [1.82, 2.24) is 4.72 Å². The highest BCUT2D eigenvalue weighted by atomic mass is 32.2. The van der Waals surface area contributed by atoms with Crippen LogP contribution in [0.3, 0.4) is 0 Å². The van der Waals surface area contributed by atoms with Crippen molar-refractivity contribution >= 4 is 37.3 Å². The first-order valence-corrected chi connectivity index (χ1v) is 11.5. The van der Waals surface area contributed by atoms with Gasteiger partial charge in [-0.3, -0.25) is 9.52 Å². The number of methoxy groups -OCH3 is 1. The van der Waals surface area contributed by atoms with E-state index in [9.17, 15) is 26.0 Å². The van der Waals surface area contributed by atoms with Crippen molar-refractivity contribution < 1.29 is 30.8 Å². The van der Waals surface area contributed by atoms with E-state index >= 15 is 0 Å². The second-order valence-electron chi connectivity index (χ2n) is 6.05. The average molecular weight is 445 g/mol. The van der Waals surface area contributed by atoms with Crippen molar-refractivity contribution in [3.05, 3.63) is 48.3 Å². The van der Waals surface area contributed by atoms with Crippen LogP contribution in [0, 0.1) is 5.82 Å². The van der Waals surface area contributed by atoms with E-state index in [1.54, 1.807) is 0 Å². The van der Waals surface area contributed by atoms with Gasteiger partial charge in [-0.1, -0.05) is 12.1 Å². The topological polar surface area (TPSA) is 131 Å². The molecular weight excluding hydrogens is 425 g/mol. The minimum atomic E-state index is -4.25. The van der Waals surface area contributed by atoms with E-state index in [1.165, 1.54) is 44.4 Å². The number of rotatable bonds is 8. The van der Waals surface area contributed by atoms with Crippen LogP contribution in [0.2, 0.25) is 0 Å². The van der Waals surface area contributed by atoms with Crippen LogP contribution in [0.1, 0.15) is 6.92 Å². The lowest BCUT2D eigenvalue weighted by molar-refractivity contribution is -0.117. The van der Waals surface area contributed by atoms with E-state index in [0.717, 1.165) is 18.4 Å². The minimum absolute atomic E-state index is 0.146. The zero-order valence-corrected chi connectivity index (χ0v) is 17.4. The molecule has 1 amide bonds. The summed E-state index contributed by atoms with van der Waals surface area (Å²) in [5, 5.41) is 2.48. The van der Waals surface area contributed by atoms with Gasteiger partial charge < -0.3 is 10.1 Å². The van der Waals surface area contributed by atoms with Crippen LogP contribution in [0.25, 0.3) is 0 Å². The summed E-state index contributed by atoms with van der Waals surface area (Å²) in [7, 11) is -6.47. The van der Waals surface area contributed by atoms with Gasteiger partial charge in [0.25, 0.3) is 0 Å². The third-order valence-corrected chi connectivity index (χ3v) is 5.78. The van der Waals surface area contributed by atoms with E-state index in [0.29, 0.717) is 0 Å². The van der Waals surface area contributed by atoms with E-state index in [1.807, 2.05) is 0 Å². The number of ether oxygens (including phenoxy) is 1. The van der Waals surface area contributed by atoms with Crippen LogP contribution >= 0.6 is 0 Å². The van der Waals surface area contributed by atoms with Gasteiger partial charge in [0.1, 0.15) is 16.5 Å². The highest BCUT2D eigenvalue weighted by Gasteiger charge is 2.24. The van der Waals surface area contributed by atoms with Gasteiger partial charge in [-0.2, -0.15) is 4.72 Å². The van der Waals surface area contributed by atoms with E-state index < -0.39 is 42.7 Å². The number of carbonyl (C=O) groups is 1. The van der Waals surface area contributed by atoms with Crippen molar-refractivity contribution in [2.75, 3.05) is 23.4 Å². The summed E-state index contributed by atoms with van der Waals surface area (Å²) >= 11 is 0. The van der Waals surface area contributed by atoms with Crippen molar-refractivity contribution in [2.45, 2.75) is 17.9 Å². The van der Waals surface area contributed by atoms with Crippen LogP contribution in [-0.2, 0) is 24.8 Å². The molecule has 0 saturated carbocycles.